The Kier molecular flexibility index (Phi) is 4.58. The fraction of sp³-hybridized carbons (Fsp3) is 0.133. The van der Waals surface area contributed by atoms with E-state index in [1.165, 1.54) is 24.3 Å². The first-order valence-corrected chi connectivity index (χ1v) is 6.32. The molecule has 3 nitrogen and oxygen atoms in total. The van der Waals surface area contributed by atoms with Gasteiger partial charge >= 0.3 is 5.97 Å². The molecule has 2 aromatic carbocycles. The zero-order valence-electron chi connectivity index (χ0n) is 10.4. The molecule has 0 aliphatic heterocycles. The third-order valence-electron chi connectivity index (χ3n) is 2.68. The van der Waals surface area contributed by atoms with Gasteiger partial charge in [-0.25, -0.2) is 9.18 Å². The van der Waals surface area contributed by atoms with Gasteiger partial charge in [-0.2, -0.15) is 0 Å². The molecule has 0 saturated carbocycles. The van der Waals surface area contributed by atoms with Crippen LogP contribution in [0.15, 0.2) is 48.5 Å². The molecule has 0 spiro atoms. The molecule has 0 unspecified atom stereocenters. The number of halogens is 2. The Morgan fingerprint density at radius 1 is 1.25 bits per heavy atom. The lowest BCUT2D eigenvalue weighted by molar-refractivity contribution is -0.145. The van der Waals surface area contributed by atoms with Crippen LogP contribution in [0.5, 0.6) is 5.75 Å². The number of carboxylic acid groups (broad SMARTS) is 1. The van der Waals surface area contributed by atoms with Gasteiger partial charge in [0.05, 0.1) is 0 Å². The fourth-order valence-corrected chi connectivity index (χ4v) is 1.90. The van der Waals surface area contributed by atoms with Crippen LogP contribution in [0.1, 0.15) is 5.56 Å². The molecule has 0 fully saturated rings. The topological polar surface area (TPSA) is 46.5 Å². The van der Waals surface area contributed by atoms with E-state index in [-0.39, 0.29) is 12.2 Å². The molecule has 1 atom stereocenters. The van der Waals surface area contributed by atoms with Crippen molar-refractivity contribution in [2.45, 2.75) is 12.5 Å². The normalized spacial score (nSPS) is 11.9. The molecule has 0 saturated heterocycles. The Balaban J connectivity index is 2.11. The molecule has 0 aromatic heterocycles. The second kappa shape index (κ2) is 6.39. The first-order valence-electron chi connectivity index (χ1n) is 5.94. The van der Waals surface area contributed by atoms with Gasteiger partial charge in [-0.1, -0.05) is 29.8 Å². The lowest BCUT2D eigenvalue weighted by Crippen LogP contribution is -2.29. The number of ether oxygens (including phenoxy) is 1. The van der Waals surface area contributed by atoms with E-state index in [1.807, 2.05) is 0 Å². The van der Waals surface area contributed by atoms with E-state index in [0.717, 1.165) is 0 Å². The molecule has 0 aliphatic carbocycles. The Labute approximate surface area is 120 Å². The van der Waals surface area contributed by atoms with Crippen LogP contribution in [0.4, 0.5) is 4.39 Å². The smallest absolute Gasteiger partial charge is 0.345 e. The minimum absolute atomic E-state index is 0.141. The maximum Gasteiger partial charge on any atom is 0.345 e. The number of hydrogen-bond acceptors (Lipinski definition) is 2. The van der Waals surface area contributed by atoms with Gasteiger partial charge in [-0.3, -0.25) is 0 Å². The quantitative estimate of drug-likeness (QED) is 0.917. The van der Waals surface area contributed by atoms with Crippen LogP contribution in [0, 0.1) is 5.82 Å². The summed E-state index contributed by atoms with van der Waals surface area (Å²) >= 11 is 5.82. The predicted molar refractivity (Wildman–Crippen MR) is 73.6 cm³/mol. The largest absolute Gasteiger partial charge is 0.478 e. The minimum Gasteiger partial charge on any atom is -0.478 e. The Bertz CT molecular complexity index is 598. The molecular formula is C15H12ClFO3. The highest BCUT2D eigenvalue weighted by Crippen LogP contribution is 2.19. The first kappa shape index (κ1) is 14.3. The van der Waals surface area contributed by atoms with Crippen LogP contribution >= 0.6 is 11.6 Å². The number of benzene rings is 2. The lowest BCUT2D eigenvalue weighted by Gasteiger charge is -2.15. The molecule has 0 heterocycles. The van der Waals surface area contributed by atoms with Gasteiger partial charge in [-0.05, 0) is 35.9 Å². The van der Waals surface area contributed by atoms with E-state index in [9.17, 15) is 14.3 Å². The summed E-state index contributed by atoms with van der Waals surface area (Å²) in [4.78, 5) is 11.2. The first-order chi connectivity index (χ1) is 9.54. The van der Waals surface area contributed by atoms with Gasteiger partial charge < -0.3 is 9.84 Å². The van der Waals surface area contributed by atoms with Crippen molar-refractivity contribution in [2.24, 2.45) is 0 Å². The summed E-state index contributed by atoms with van der Waals surface area (Å²) in [6.07, 6.45) is -0.916. The molecule has 1 N–H and O–H groups in total. The van der Waals surface area contributed by atoms with Crippen molar-refractivity contribution < 1.29 is 19.0 Å². The Hall–Kier alpha value is -2.07. The summed E-state index contributed by atoms with van der Waals surface area (Å²) in [6, 6.07) is 12.2. The van der Waals surface area contributed by atoms with Crippen LogP contribution < -0.4 is 4.74 Å². The van der Waals surface area contributed by atoms with Gasteiger partial charge in [0.2, 0.25) is 0 Å². The maximum absolute atomic E-state index is 12.8. The maximum atomic E-state index is 12.8. The number of aliphatic carboxylic acids is 1. The highest BCUT2D eigenvalue weighted by Gasteiger charge is 2.20. The monoisotopic (exact) mass is 294 g/mol. The van der Waals surface area contributed by atoms with Crippen molar-refractivity contribution in [3.05, 3.63) is 64.9 Å². The highest BCUT2D eigenvalue weighted by atomic mass is 35.5. The molecule has 0 aliphatic rings. The average molecular weight is 295 g/mol. The third kappa shape index (κ3) is 3.96. The van der Waals surface area contributed by atoms with Crippen molar-refractivity contribution in [2.75, 3.05) is 0 Å². The second-order valence-electron chi connectivity index (χ2n) is 4.23. The van der Waals surface area contributed by atoms with Gasteiger partial charge in [0, 0.05) is 11.4 Å². The van der Waals surface area contributed by atoms with E-state index >= 15 is 0 Å². The van der Waals surface area contributed by atoms with Gasteiger partial charge in [0.1, 0.15) is 11.6 Å². The van der Waals surface area contributed by atoms with E-state index in [2.05, 4.69) is 0 Å². The molecule has 0 radical (unpaired) electrons. The Morgan fingerprint density at radius 3 is 2.55 bits per heavy atom. The Morgan fingerprint density at radius 2 is 1.95 bits per heavy atom. The molecule has 5 heteroatoms. The summed E-state index contributed by atoms with van der Waals surface area (Å²) in [6.45, 7) is 0. The number of carbonyl (C=O) groups is 1. The van der Waals surface area contributed by atoms with Crippen molar-refractivity contribution in [3.63, 3.8) is 0 Å². The SMILES string of the molecule is O=C(O)[C@H](Cc1ccc(F)cc1)Oc1cccc(Cl)c1. The van der Waals surface area contributed by atoms with E-state index in [4.69, 9.17) is 16.3 Å². The lowest BCUT2D eigenvalue weighted by atomic mass is 10.1. The predicted octanol–water partition coefficient (Wildman–Crippen LogP) is 3.55. The molecular weight excluding hydrogens is 283 g/mol. The van der Waals surface area contributed by atoms with Gasteiger partial charge in [0.15, 0.2) is 6.10 Å². The van der Waals surface area contributed by atoms with E-state index in [1.54, 1.807) is 24.3 Å². The highest BCUT2D eigenvalue weighted by molar-refractivity contribution is 6.30. The molecule has 20 heavy (non-hydrogen) atoms. The van der Waals surface area contributed by atoms with Gasteiger partial charge in [-0.15, -0.1) is 0 Å². The summed E-state index contributed by atoms with van der Waals surface area (Å²) in [7, 11) is 0. The fourth-order valence-electron chi connectivity index (χ4n) is 1.72. The zero-order valence-corrected chi connectivity index (χ0v) is 11.2. The van der Waals surface area contributed by atoms with Crippen LogP contribution in [-0.2, 0) is 11.2 Å². The number of hydrogen-bond donors (Lipinski definition) is 1. The van der Waals surface area contributed by atoms with Crippen molar-refractivity contribution in [1.29, 1.82) is 0 Å². The van der Waals surface area contributed by atoms with E-state index < -0.39 is 12.1 Å². The molecule has 2 rings (SSSR count). The number of rotatable bonds is 5. The van der Waals surface area contributed by atoms with Crippen molar-refractivity contribution in [1.82, 2.24) is 0 Å². The van der Waals surface area contributed by atoms with Gasteiger partial charge in [0.25, 0.3) is 0 Å². The minimum atomic E-state index is -1.09. The van der Waals surface area contributed by atoms with E-state index in [0.29, 0.717) is 16.3 Å². The second-order valence-corrected chi connectivity index (χ2v) is 4.67. The molecule has 0 bridgehead atoms. The van der Waals surface area contributed by atoms with Crippen molar-refractivity contribution in [3.8, 4) is 5.75 Å². The van der Waals surface area contributed by atoms with Crippen LogP contribution in [-0.4, -0.2) is 17.2 Å². The average Bonchev–Trinajstić information content (AvgIpc) is 2.40. The zero-order chi connectivity index (χ0) is 14.5. The van der Waals surface area contributed by atoms with Crippen LogP contribution in [0.3, 0.4) is 0 Å². The number of carboxylic acids is 1. The molecule has 0 amide bonds. The van der Waals surface area contributed by atoms with Crippen molar-refractivity contribution >= 4 is 17.6 Å². The standard InChI is InChI=1S/C15H12ClFO3/c16-11-2-1-3-13(9-11)20-14(15(18)19)8-10-4-6-12(17)7-5-10/h1-7,9,14H,8H2,(H,18,19)/t14-/m0/s1. The summed E-state index contributed by atoms with van der Waals surface area (Å²) in [5.74, 6) is -1.07. The third-order valence-corrected chi connectivity index (χ3v) is 2.92. The summed E-state index contributed by atoms with van der Waals surface area (Å²) in [5.41, 5.74) is 0.681. The molecule has 104 valence electrons. The molecule has 2 aromatic rings. The summed E-state index contributed by atoms with van der Waals surface area (Å²) < 4.78 is 18.2. The summed E-state index contributed by atoms with van der Waals surface area (Å²) in [5, 5.41) is 9.65. The van der Waals surface area contributed by atoms with Crippen LogP contribution in [0.2, 0.25) is 5.02 Å². The van der Waals surface area contributed by atoms with Crippen LogP contribution in [0.25, 0.3) is 0 Å².